The van der Waals surface area contributed by atoms with Crippen LogP contribution in [0.25, 0.3) is 0 Å². The van der Waals surface area contributed by atoms with E-state index in [1.54, 1.807) is 31.4 Å². The number of urea groups is 1. The van der Waals surface area contributed by atoms with Crippen LogP contribution in [0.4, 0.5) is 10.5 Å². The van der Waals surface area contributed by atoms with E-state index in [-0.39, 0.29) is 12.1 Å². The second-order valence-electron chi connectivity index (χ2n) is 5.28. The number of methoxy groups -OCH3 is 1. The van der Waals surface area contributed by atoms with Gasteiger partial charge in [0.2, 0.25) is 5.88 Å². The molecular formula is C18H20N4O3. The van der Waals surface area contributed by atoms with E-state index in [2.05, 4.69) is 21.7 Å². The maximum Gasteiger partial charge on any atom is 0.319 e. The Kier molecular flexibility index (Phi) is 6.75. The number of nitrogens with zero attached hydrogens (tertiary/aromatic N) is 2. The van der Waals surface area contributed by atoms with Crippen LogP contribution in [0, 0.1) is 11.3 Å². The van der Waals surface area contributed by atoms with Gasteiger partial charge in [-0.05, 0) is 30.7 Å². The van der Waals surface area contributed by atoms with Crippen LogP contribution in [0.2, 0.25) is 0 Å². The van der Waals surface area contributed by atoms with Gasteiger partial charge in [-0.15, -0.1) is 0 Å². The molecule has 0 aliphatic heterocycles. The Morgan fingerprint density at radius 1 is 1.24 bits per heavy atom. The molecule has 25 heavy (non-hydrogen) atoms. The molecule has 0 unspecified atom stereocenters. The second-order valence-corrected chi connectivity index (χ2v) is 5.28. The first-order valence-electron chi connectivity index (χ1n) is 7.77. The Hall–Kier alpha value is -3.11. The van der Waals surface area contributed by atoms with E-state index in [1.165, 1.54) is 6.20 Å². The van der Waals surface area contributed by atoms with Gasteiger partial charge in [0, 0.05) is 13.2 Å². The van der Waals surface area contributed by atoms with E-state index in [9.17, 15) is 4.79 Å². The molecule has 7 nitrogen and oxygen atoms in total. The standard InChI is InChI=1S/C18H20N4O3/c1-13(15-5-3-14(11-19)4-6-15)21-18(23)22-16-7-8-17(20-12-16)25-10-9-24-2/h3-8,12-13H,9-10H2,1-2H3,(H2,21,22,23)/t13-/m1/s1. The smallest absolute Gasteiger partial charge is 0.319 e. The quantitative estimate of drug-likeness (QED) is 0.756. The highest BCUT2D eigenvalue weighted by Crippen LogP contribution is 2.15. The van der Waals surface area contributed by atoms with Crippen LogP contribution in [0.15, 0.2) is 42.6 Å². The topological polar surface area (TPSA) is 96.3 Å². The van der Waals surface area contributed by atoms with Gasteiger partial charge in [0.25, 0.3) is 0 Å². The monoisotopic (exact) mass is 340 g/mol. The molecule has 1 aromatic heterocycles. The molecule has 0 bridgehead atoms. The second kappa shape index (κ2) is 9.25. The minimum Gasteiger partial charge on any atom is -0.475 e. The molecule has 7 heteroatoms. The van der Waals surface area contributed by atoms with E-state index >= 15 is 0 Å². The number of nitrogens with one attached hydrogen (secondary N) is 2. The van der Waals surface area contributed by atoms with Crippen LogP contribution in [0.3, 0.4) is 0 Å². The summed E-state index contributed by atoms with van der Waals surface area (Å²) in [6, 6.07) is 12.0. The van der Waals surface area contributed by atoms with Crippen molar-refractivity contribution in [2.75, 3.05) is 25.6 Å². The number of amides is 2. The summed E-state index contributed by atoms with van der Waals surface area (Å²) in [6.45, 7) is 2.77. The molecule has 0 aliphatic carbocycles. The zero-order valence-corrected chi connectivity index (χ0v) is 14.2. The Labute approximate surface area is 146 Å². The van der Waals surface area contributed by atoms with Crippen molar-refractivity contribution in [1.82, 2.24) is 10.3 Å². The molecular weight excluding hydrogens is 320 g/mol. The van der Waals surface area contributed by atoms with E-state index in [0.29, 0.717) is 30.3 Å². The summed E-state index contributed by atoms with van der Waals surface area (Å²) in [4.78, 5) is 16.2. The molecule has 1 atom stereocenters. The molecule has 130 valence electrons. The van der Waals surface area contributed by atoms with E-state index < -0.39 is 0 Å². The lowest BCUT2D eigenvalue weighted by molar-refractivity contribution is 0.144. The molecule has 1 aromatic carbocycles. The summed E-state index contributed by atoms with van der Waals surface area (Å²) < 4.78 is 10.3. The normalized spacial score (nSPS) is 11.2. The number of pyridine rings is 1. The van der Waals surface area contributed by atoms with Crippen molar-refractivity contribution in [2.24, 2.45) is 0 Å². The van der Waals surface area contributed by atoms with Gasteiger partial charge in [0.05, 0.1) is 36.2 Å². The molecule has 0 fully saturated rings. The van der Waals surface area contributed by atoms with Crippen molar-refractivity contribution in [2.45, 2.75) is 13.0 Å². The van der Waals surface area contributed by atoms with Gasteiger partial charge >= 0.3 is 6.03 Å². The third-order valence-corrected chi connectivity index (χ3v) is 3.42. The Balaban J connectivity index is 1.85. The van der Waals surface area contributed by atoms with Crippen LogP contribution < -0.4 is 15.4 Å². The summed E-state index contributed by atoms with van der Waals surface area (Å²) >= 11 is 0. The van der Waals surface area contributed by atoms with Crippen LogP contribution in [0.5, 0.6) is 5.88 Å². The highest BCUT2D eigenvalue weighted by Gasteiger charge is 2.10. The molecule has 2 rings (SSSR count). The van der Waals surface area contributed by atoms with Crippen molar-refractivity contribution >= 4 is 11.7 Å². The molecule has 0 saturated carbocycles. The fourth-order valence-corrected chi connectivity index (χ4v) is 2.06. The summed E-state index contributed by atoms with van der Waals surface area (Å²) in [5.41, 5.74) is 2.05. The number of rotatable bonds is 7. The van der Waals surface area contributed by atoms with Gasteiger partial charge < -0.3 is 20.1 Å². The van der Waals surface area contributed by atoms with Crippen molar-refractivity contribution in [1.29, 1.82) is 5.26 Å². The number of hydrogen-bond donors (Lipinski definition) is 2. The highest BCUT2D eigenvalue weighted by molar-refractivity contribution is 5.89. The molecule has 0 saturated heterocycles. The van der Waals surface area contributed by atoms with Crippen LogP contribution in [0.1, 0.15) is 24.1 Å². The van der Waals surface area contributed by atoms with E-state index in [4.69, 9.17) is 14.7 Å². The third kappa shape index (κ3) is 5.79. The summed E-state index contributed by atoms with van der Waals surface area (Å²) in [5, 5.41) is 14.4. The Morgan fingerprint density at radius 2 is 2.00 bits per heavy atom. The van der Waals surface area contributed by atoms with E-state index in [0.717, 1.165) is 5.56 Å². The Morgan fingerprint density at radius 3 is 2.60 bits per heavy atom. The molecule has 2 aromatic rings. The molecule has 0 aliphatic rings. The summed E-state index contributed by atoms with van der Waals surface area (Å²) in [5.74, 6) is 0.467. The first kappa shape index (κ1) is 18.2. The number of nitriles is 1. The van der Waals surface area contributed by atoms with Crippen LogP contribution >= 0.6 is 0 Å². The number of benzene rings is 1. The fourth-order valence-electron chi connectivity index (χ4n) is 2.06. The van der Waals surface area contributed by atoms with Gasteiger partial charge in [-0.2, -0.15) is 5.26 Å². The van der Waals surface area contributed by atoms with Gasteiger partial charge in [-0.1, -0.05) is 12.1 Å². The zero-order valence-electron chi connectivity index (χ0n) is 14.2. The molecule has 0 radical (unpaired) electrons. The molecule has 0 spiro atoms. The Bertz CT molecular complexity index is 723. The lowest BCUT2D eigenvalue weighted by Crippen LogP contribution is -2.31. The predicted molar refractivity (Wildman–Crippen MR) is 93.3 cm³/mol. The average Bonchev–Trinajstić information content (AvgIpc) is 2.63. The van der Waals surface area contributed by atoms with Crippen LogP contribution in [-0.4, -0.2) is 31.3 Å². The number of hydrogen-bond acceptors (Lipinski definition) is 5. The van der Waals surface area contributed by atoms with E-state index in [1.807, 2.05) is 19.1 Å². The fraction of sp³-hybridized carbons (Fsp3) is 0.278. The summed E-state index contributed by atoms with van der Waals surface area (Å²) in [6.07, 6.45) is 1.52. The van der Waals surface area contributed by atoms with Crippen molar-refractivity contribution in [3.63, 3.8) is 0 Å². The number of carbonyl (C=O) groups excluding carboxylic acids is 1. The molecule has 1 heterocycles. The number of ether oxygens (including phenoxy) is 2. The van der Waals surface area contributed by atoms with Crippen molar-refractivity contribution in [3.05, 3.63) is 53.7 Å². The average molecular weight is 340 g/mol. The maximum absolute atomic E-state index is 12.1. The van der Waals surface area contributed by atoms with Crippen LogP contribution in [-0.2, 0) is 4.74 Å². The molecule has 2 N–H and O–H groups in total. The number of carbonyl (C=O) groups is 1. The minimum atomic E-state index is -0.341. The zero-order chi connectivity index (χ0) is 18.1. The number of anilines is 1. The molecule has 2 amide bonds. The first-order chi connectivity index (χ1) is 12.1. The SMILES string of the molecule is COCCOc1ccc(NC(=O)N[C@H](C)c2ccc(C#N)cc2)cn1. The maximum atomic E-state index is 12.1. The lowest BCUT2D eigenvalue weighted by atomic mass is 10.1. The third-order valence-electron chi connectivity index (χ3n) is 3.42. The van der Waals surface area contributed by atoms with Gasteiger partial charge in [0.15, 0.2) is 0 Å². The van der Waals surface area contributed by atoms with Crippen molar-refractivity contribution in [3.8, 4) is 11.9 Å². The lowest BCUT2D eigenvalue weighted by Gasteiger charge is -2.15. The minimum absolute atomic E-state index is 0.197. The largest absolute Gasteiger partial charge is 0.475 e. The van der Waals surface area contributed by atoms with Gasteiger partial charge in [-0.3, -0.25) is 0 Å². The number of aromatic nitrogens is 1. The van der Waals surface area contributed by atoms with Gasteiger partial charge in [-0.25, -0.2) is 9.78 Å². The highest BCUT2D eigenvalue weighted by atomic mass is 16.5. The van der Waals surface area contributed by atoms with Gasteiger partial charge in [0.1, 0.15) is 6.61 Å². The predicted octanol–water partition coefficient (Wildman–Crippen LogP) is 2.86. The summed E-state index contributed by atoms with van der Waals surface area (Å²) in [7, 11) is 1.60. The first-order valence-corrected chi connectivity index (χ1v) is 7.77. The van der Waals surface area contributed by atoms with Crippen molar-refractivity contribution < 1.29 is 14.3 Å².